The second-order valence-electron chi connectivity index (χ2n) is 3.32. The number of alkyl halides is 3. The van der Waals surface area contributed by atoms with Crippen molar-refractivity contribution in [2.24, 2.45) is 10.8 Å². The monoisotopic (exact) mass is 287 g/mol. The molecule has 0 bridgehead atoms. The number of nitriles is 1. The van der Waals surface area contributed by atoms with Gasteiger partial charge in [-0.15, -0.1) is 13.2 Å². The summed E-state index contributed by atoms with van der Waals surface area (Å²) in [5.74, 6) is -1.65. The number of nitrogens with zero attached hydrogens (tertiary/aromatic N) is 2. The number of anilines is 1. The summed E-state index contributed by atoms with van der Waals surface area (Å²) < 4.78 is 39.7. The molecule has 0 aliphatic carbocycles. The molecule has 20 heavy (non-hydrogen) atoms. The summed E-state index contributed by atoms with van der Waals surface area (Å²) in [7, 11) is 0. The van der Waals surface area contributed by atoms with Gasteiger partial charge in [0, 0.05) is 6.07 Å². The Bertz CT molecular complexity index is 592. The van der Waals surface area contributed by atoms with Gasteiger partial charge in [0.15, 0.2) is 5.84 Å². The zero-order valence-electron chi connectivity index (χ0n) is 9.69. The number of phenols is 1. The summed E-state index contributed by atoms with van der Waals surface area (Å²) in [6, 6.07) is 4.15. The third-order valence-corrected chi connectivity index (χ3v) is 1.85. The average Bonchev–Trinajstić information content (AvgIpc) is 2.31. The van der Waals surface area contributed by atoms with Gasteiger partial charge in [-0.05, 0) is 12.1 Å². The highest BCUT2D eigenvalue weighted by Crippen LogP contribution is 2.31. The van der Waals surface area contributed by atoms with Gasteiger partial charge >= 0.3 is 6.36 Å². The van der Waals surface area contributed by atoms with Crippen molar-refractivity contribution in [1.29, 1.82) is 10.7 Å². The summed E-state index contributed by atoms with van der Waals surface area (Å²) in [5, 5.41) is 28.3. The fraction of sp³-hybridized carbons (Fsp3) is 0.100. The van der Waals surface area contributed by atoms with Gasteiger partial charge in [-0.1, -0.05) is 0 Å². The number of hydrazone groups is 1. The van der Waals surface area contributed by atoms with Gasteiger partial charge in [0.25, 0.3) is 0 Å². The summed E-state index contributed by atoms with van der Waals surface area (Å²) in [6.45, 7) is 0. The third kappa shape index (κ3) is 4.37. The highest BCUT2D eigenvalue weighted by atomic mass is 19.4. The Balaban J connectivity index is 2.99. The molecule has 0 atom stereocenters. The minimum atomic E-state index is -4.88. The van der Waals surface area contributed by atoms with Crippen LogP contribution in [0, 0.1) is 16.7 Å². The molecule has 106 valence electrons. The minimum Gasteiger partial charge on any atom is -0.506 e. The average molecular weight is 287 g/mol. The van der Waals surface area contributed by atoms with E-state index in [1.807, 2.05) is 0 Å². The number of nitrogens with one attached hydrogen (secondary N) is 2. The van der Waals surface area contributed by atoms with Crippen LogP contribution >= 0.6 is 0 Å². The van der Waals surface area contributed by atoms with Crippen LogP contribution in [0.3, 0.4) is 0 Å². The van der Waals surface area contributed by atoms with Crippen LogP contribution in [0.2, 0.25) is 0 Å². The number of phenolic OH excluding ortho intramolecular Hbond substituents is 1. The number of benzene rings is 1. The van der Waals surface area contributed by atoms with E-state index in [9.17, 15) is 18.3 Å². The van der Waals surface area contributed by atoms with Crippen molar-refractivity contribution in [3.63, 3.8) is 0 Å². The van der Waals surface area contributed by atoms with Gasteiger partial charge in [0.1, 0.15) is 23.3 Å². The number of rotatable bonds is 4. The van der Waals surface area contributed by atoms with Crippen LogP contribution in [0.15, 0.2) is 23.3 Å². The standard InChI is InChI=1S/C10H8F3N5O2/c11-10(12,13)20-5-1-2-8(19)6(3-5)17-18-7(4-14)9(15)16/h1-3,17,19H,(H3,15,16)/b18-7+. The second-order valence-corrected chi connectivity index (χ2v) is 3.32. The van der Waals surface area contributed by atoms with Crippen LogP contribution in [0.5, 0.6) is 11.5 Å². The fourth-order valence-corrected chi connectivity index (χ4v) is 1.06. The predicted octanol–water partition coefficient (Wildman–Crippen LogP) is 1.52. The lowest BCUT2D eigenvalue weighted by Gasteiger charge is -2.11. The van der Waals surface area contributed by atoms with Gasteiger partial charge in [0.2, 0.25) is 5.71 Å². The molecule has 5 N–H and O–H groups in total. The number of hydrogen-bond acceptors (Lipinski definition) is 6. The van der Waals surface area contributed by atoms with Crippen molar-refractivity contribution < 1.29 is 23.0 Å². The number of halogens is 3. The summed E-state index contributed by atoms with van der Waals surface area (Å²) in [5.41, 5.74) is 6.39. The van der Waals surface area contributed by atoms with E-state index in [0.29, 0.717) is 0 Å². The van der Waals surface area contributed by atoms with E-state index in [0.717, 1.165) is 18.2 Å². The summed E-state index contributed by atoms with van der Waals surface area (Å²) in [6.07, 6.45) is -4.88. The highest BCUT2D eigenvalue weighted by Gasteiger charge is 2.31. The molecular formula is C10H8F3N5O2. The zero-order chi connectivity index (χ0) is 15.3. The van der Waals surface area contributed by atoms with E-state index in [1.54, 1.807) is 0 Å². The van der Waals surface area contributed by atoms with Crippen molar-refractivity contribution in [3.05, 3.63) is 18.2 Å². The first-order valence-electron chi connectivity index (χ1n) is 4.90. The Hall–Kier alpha value is -2.96. The third-order valence-electron chi connectivity index (χ3n) is 1.85. The molecule has 0 radical (unpaired) electrons. The van der Waals surface area contributed by atoms with Crippen LogP contribution < -0.4 is 15.9 Å². The molecule has 0 aliphatic rings. The molecule has 7 nitrogen and oxygen atoms in total. The maximum absolute atomic E-state index is 12.0. The number of nitrogens with two attached hydrogens (primary N) is 1. The van der Waals surface area contributed by atoms with Gasteiger partial charge in [-0.25, -0.2) is 0 Å². The van der Waals surface area contributed by atoms with Crippen molar-refractivity contribution >= 4 is 17.2 Å². The largest absolute Gasteiger partial charge is 0.573 e. The molecule has 0 unspecified atom stereocenters. The first-order valence-corrected chi connectivity index (χ1v) is 4.90. The Kier molecular flexibility index (Phi) is 4.37. The lowest BCUT2D eigenvalue weighted by atomic mass is 10.3. The Morgan fingerprint density at radius 1 is 1.50 bits per heavy atom. The first-order chi connectivity index (χ1) is 9.23. The highest BCUT2D eigenvalue weighted by molar-refractivity contribution is 6.45. The molecule has 0 saturated carbocycles. The van der Waals surface area contributed by atoms with Crippen molar-refractivity contribution in [2.75, 3.05) is 5.43 Å². The molecule has 10 heteroatoms. The van der Waals surface area contributed by atoms with E-state index in [4.69, 9.17) is 16.4 Å². The zero-order valence-corrected chi connectivity index (χ0v) is 9.69. The van der Waals surface area contributed by atoms with Crippen LogP contribution in [0.4, 0.5) is 18.9 Å². The Morgan fingerprint density at radius 3 is 2.65 bits per heavy atom. The number of amidine groups is 1. The predicted molar refractivity (Wildman–Crippen MR) is 63.4 cm³/mol. The topological polar surface area (TPSA) is 128 Å². The summed E-state index contributed by atoms with van der Waals surface area (Å²) >= 11 is 0. The van der Waals surface area contributed by atoms with Crippen molar-refractivity contribution in [2.45, 2.75) is 6.36 Å². The molecular weight excluding hydrogens is 279 g/mol. The molecule has 0 spiro atoms. The first kappa shape index (κ1) is 15.1. The van der Waals surface area contributed by atoms with E-state index < -0.39 is 29.4 Å². The summed E-state index contributed by atoms with van der Waals surface area (Å²) in [4.78, 5) is 0. The second kappa shape index (κ2) is 5.79. The fourth-order valence-electron chi connectivity index (χ4n) is 1.06. The van der Waals surface area contributed by atoms with E-state index in [-0.39, 0.29) is 5.69 Å². The molecule has 0 amide bonds. The van der Waals surface area contributed by atoms with Crippen LogP contribution in [-0.4, -0.2) is 23.0 Å². The van der Waals surface area contributed by atoms with Crippen molar-refractivity contribution in [3.8, 4) is 17.6 Å². The Labute approximate surface area is 110 Å². The molecule has 1 rings (SSSR count). The molecule has 1 aromatic rings. The van der Waals surface area contributed by atoms with Crippen LogP contribution in [0.1, 0.15) is 0 Å². The number of ether oxygens (including phenoxy) is 1. The normalized spacial score (nSPS) is 11.6. The van der Waals surface area contributed by atoms with E-state index >= 15 is 0 Å². The van der Waals surface area contributed by atoms with Gasteiger partial charge in [-0.2, -0.15) is 10.4 Å². The van der Waals surface area contributed by atoms with Crippen LogP contribution in [-0.2, 0) is 0 Å². The Morgan fingerprint density at radius 2 is 2.15 bits per heavy atom. The molecule has 0 heterocycles. The lowest BCUT2D eigenvalue weighted by molar-refractivity contribution is -0.274. The quantitative estimate of drug-likeness (QED) is 0.289. The molecule has 0 aromatic heterocycles. The van der Waals surface area contributed by atoms with Gasteiger partial charge < -0.3 is 15.6 Å². The number of aromatic hydroxyl groups is 1. The van der Waals surface area contributed by atoms with Gasteiger partial charge in [0.05, 0.1) is 0 Å². The maximum atomic E-state index is 12.0. The lowest BCUT2D eigenvalue weighted by Crippen LogP contribution is -2.21. The smallest absolute Gasteiger partial charge is 0.506 e. The molecule has 0 saturated heterocycles. The maximum Gasteiger partial charge on any atom is 0.573 e. The van der Waals surface area contributed by atoms with E-state index in [1.165, 1.54) is 6.07 Å². The van der Waals surface area contributed by atoms with E-state index in [2.05, 4.69) is 15.3 Å². The van der Waals surface area contributed by atoms with Crippen molar-refractivity contribution in [1.82, 2.24) is 0 Å². The molecule has 0 fully saturated rings. The molecule has 1 aromatic carbocycles. The number of hydrogen-bond donors (Lipinski definition) is 4. The molecule has 0 aliphatic heterocycles. The van der Waals surface area contributed by atoms with Crippen LogP contribution in [0.25, 0.3) is 0 Å². The minimum absolute atomic E-state index is 0.249. The SMILES string of the molecule is N#C/C(=N\Nc1cc(OC(F)(F)F)ccc1O)C(=N)N. The van der Waals surface area contributed by atoms with Gasteiger partial charge in [-0.3, -0.25) is 10.8 Å².